The summed E-state index contributed by atoms with van der Waals surface area (Å²) in [5.41, 5.74) is 3.68. The minimum absolute atomic E-state index is 0.154. The van der Waals surface area contributed by atoms with Gasteiger partial charge in [-0.1, -0.05) is 5.92 Å². The number of nitrogens with one attached hydrogen (secondary N) is 1. The van der Waals surface area contributed by atoms with Crippen LogP contribution in [0, 0.1) is 12.3 Å². The minimum Gasteiger partial charge on any atom is -0.497 e. The van der Waals surface area contributed by atoms with Crippen LogP contribution in [0.25, 0.3) is 0 Å². The molecule has 1 N–H and O–H groups in total. The van der Waals surface area contributed by atoms with Crippen LogP contribution >= 0.6 is 0 Å². The standard InChI is InChI=1S/C19H18N2O4/c1-4-11-25-17-10-5-14(12-18(17)24-3)13-20-21-19(22)15-6-8-16(23-2)9-7-15/h1,5-10,12-13H,11H2,2-3H3,(H,21,22)/b20-13+. The smallest absolute Gasteiger partial charge is 0.271 e. The average molecular weight is 338 g/mol. The van der Waals surface area contributed by atoms with E-state index in [4.69, 9.17) is 20.6 Å². The van der Waals surface area contributed by atoms with Gasteiger partial charge >= 0.3 is 0 Å². The van der Waals surface area contributed by atoms with Crippen molar-refractivity contribution in [3.63, 3.8) is 0 Å². The molecule has 0 heterocycles. The Morgan fingerprint density at radius 1 is 1.16 bits per heavy atom. The highest BCUT2D eigenvalue weighted by atomic mass is 16.5. The van der Waals surface area contributed by atoms with E-state index in [-0.39, 0.29) is 12.5 Å². The van der Waals surface area contributed by atoms with Gasteiger partial charge in [-0.15, -0.1) is 6.42 Å². The molecule has 0 fully saturated rings. The van der Waals surface area contributed by atoms with E-state index in [2.05, 4.69) is 16.4 Å². The fourth-order valence-corrected chi connectivity index (χ4v) is 1.98. The molecule has 1 amide bonds. The summed E-state index contributed by atoms with van der Waals surface area (Å²) in [5.74, 6) is 3.82. The summed E-state index contributed by atoms with van der Waals surface area (Å²) in [6.45, 7) is 0.154. The Labute approximate surface area is 146 Å². The zero-order chi connectivity index (χ0) is 18.1. The first-order valence-electron chi connectivity index (χ1n) is 7.39. The van der Waals surface area contributed by atoms with Crippen LogP contribution in [0.15, 0.2) is 47.6 Å². The number of benzene rings is 2. The Bertz CT molecular complexity index is 792. The number of hydrazone groups is 1. The van der Waals surface area contributed by atoms with Gasteiger partial charge in [0, 0.05) is 5.56 Å². The molecule has 128 valence electrons. The Morgan fingerprint density at radius 3 is 2.56 bits per heavy atom. The van der Waals surface area contributed by atoms with Crippen molar-refractivity contribution in [1.82, 2.24) is 5.43 Å². The van der Waals surface area contributed by atoms with Crippen LogP contribution in [0.1, 0.15) is 15.9 Å². The van der Waals surface area contributed by atoms with Gasteiger partial charge in [0.05, 0.1) is 20.4 Å². The molecule has 0 bridgehead atoms. The zero-order valence-electron chi connectivity index (χ0n) is 14.0. The molecule has 6 nitrogen and oxygen atoms in total. The molecule has 0 aromatic heterocycles. The van der Waals surface area contributed by atoms with Crippen LogP contribution in [0.5, 0.6) is 17.2 Å². The zero-order valence-corrected chi connectivity index (χ0v) is 14.0. The van der Waals surface area contributed by atoms with Crippen molar-refractivity contribution < 1.29 is 19.0 Å². The van der Waals surface area contributed by atoms with Gasteiger partial charge in [0.1, 0.15) is 12.4 Å². The molecule has 6 heteroatoms. The Balaban J connectivity index is 2.01. The van der Waals surface area contributed by atoms with E-state index in [9.17, 15) is 4.79 Å². The normalized spacial score (nSPS) is 10.1. The molecule has 0 aliphatic carbocycles. The van der Waals surface area contributed by atoms with Crippen LogP contribution < -0.4 is 19.6 Å². The molecule has 0 radical (unpaired) electrons. The largest absolute Gasteiger partial charge is 0.497 e. The second-order valence-corrected chi connectivity index (χ2v) is 4.83. The van der Waals surface area contributed by atoms with E-state index in [1.807, 2.05) is 0 Å². The summed E-state index contributed by atoms with van der Waals surface area (Å²) in [6, 6.07) is 12.0. The van der Waals surface area contributed by atoms with E-state index in [1.54, 1.807) is 49.6 Å². The molecule has 2 aromatic carbocycles. The van der Waals surface area contributed by atoms with Crippen molar-refractivity contribution in [2.24, 2.45) is 5.10 Å². The average Bonchev–Trinajstić information content (AvgIpc) is 2.66. The fourth-order valence-electron chi connectivity index (χ4n) is 1.98. The molecule has 0 spiro atoms. The van der Waals surface area contributed by atoms with Crippen molar-refractivity contribution in [2.45, 2.75) is 0 Å². The van der Waals surface area contributed by atoms with Crippen LogP contribution in [0.2, 0.25) is 0 Å². The Hall–Kier alpha value is -3.46. The van der Waals surface area contributed by atoms with E-state index in [0.29, 0.717) is 22.8 Å². The van der Waals surface area contributed by atoms with E-state index >= 15 is 0 Å². The lowest BCUT2D eigenvalue weighted by Gasteiger charge is -2.09. The van der Waals surface area contributed by atoms with Gasteiger partial charge in [-0.25, -0.2) is 5.43 Å². The maximum absolute atomic E-state index is 12.0. The van der Waals surface area contributed by atoms with Gasteiger partial charge in [-0.05, 0) is 48.0 Å². The first kappa shape index (κ1) is 17.9. The number of terminal acetylenes is 1. The van der Waals surface area contributed by atoms with E-state index in [1.165, 1.54) is 13.3 Å². The predicted molar refractivity (Wildman–Crippen MR) is 95.4 cm³/mol. The topological polar surface area (TPSA) is 69.2 Å². The number of nitrogens with zero attached hydrogens (tertiary/aromatic N) is 1. The highest BCUT2D eigenvalue weighted by Crippen LogP contribution is 2.27. The number of carbonyl (C=O) groups is 1. The summed E-state index contributed by atoms with van der Waals surface area (Å²) in [7, 11) is 3.10. The molecule has 2 aromatic rings. The van der Waals surface area contributed by atoms with Crippen molar-refractivity contribution in [3.8, 4) is 29.6 Å². The predicted octanol–water partition coefficient (Wildman–Crippen LogP) is 2.48. The van der Waals surface area contributed by atoms with Crippen LogP contribution in [-0.2, 0) is 0 Å². The number of rotatable bonds is 7. The summed E-state index contributed by atoms with van der Waals surface area (Å²) in [4.78, 5) is 12.0. The van der Waals surface area contributed by atoms with Gasteiger partial charge in [-0.2, -0.15) is 5.10 Å². The Morgan fingerprint density at radius 2 is 1.92 bits per heavy atom. The minimum atomic E-state index is -0.320. The third-order valence-corrected chi connectivity index (χ3v) is 3.23. The molecule has 0 aliphatic rings. The van der Waals surface area contributed by atoms with Crippen molar-refractivity contribution in [3.05, 3.63) is 53.6 Å². The van der Waals surface area contributed by atoms with Crippen LogP contribution in [0.4, 0.5) is 0 Å². The molecule has 0 saturated carbocycles. The highest BCUT2D eigenvalue weighted by molar-refractivity contribution is 5.95. The molecule has 25 heavy (non-hydrogen) atoms. The van der Waals surface area contributed by atoms with Crippen molar-refractivity contribution >= 4 is 12.1 Å². The van der Waals surface area contributed by atoms with Crippen molar-refractivity contribution in [2.75, 3.05) is 20.8 Å². The molecule has 2 rings (SSSR count). The second-order valence-electron chi connectivity index (χ2n) is 4.83. The Kier molecular flexibility index (Phi) is 6.43. The summed E-state index contributed by atoms with van der Waals surface area (Å²) >= 11 is 0. The first-order valence-corrected chi connectivity index (χ1v) is 7.39. The summed E-state index contributed by atoms with van der Waals surface area (Å²) in [6.07, 6.45) is 6.68. The lowest BCUT2D eigenvalue weighted by molar-refractivity contribution is 0.0955. The maximum Gasteiger partial charge on any atom is 0.271 e. The van der Waals surface area contributed by atoms with Crippen LogP contribution in [-0.4, -0.2) is 32.9 Å². The monoisotopic (exact) mass is 338 g/mol. The quantitative estimate of drug-likeness (QED) is 0.478. The SMILES string of the molecule is C#CCOc1ccc(/C=N/NC(=O)c2ccc(OC)cc2)cc1OC. The summed E-state index contributed by atoms with van der Waals surface area (Å²) in [5, 5.41) is 3.94. The maximum atomic E-state index is 12.0. The number of ether oxygens (including phenoxy) is 3. The molecule has 0 saturated heterocycles. The van der Waals surface area contributed by atoms with E-state index < -0.39 is 0 Å². The van der Waals surface area contributed by atoms with Crippen LogP contribution in [0.3, 0.4) is 0 Å². The number of hydrogen-bond acceptors (Lipinski definition) is 5. The van der Waals surface area contributed by atoms with Gasteiger partial charge in [0.15, 0.2) is 11.5 Å². The molecule has 0 aliphatic heterocycles. The summed E-state index contributed by atoms with van der Waals surface area (Å²) < 4.78 is 15.7. The number of carbonyl (C=O) groups excluding carboxylic acids is 1. The van der Waals surface area contributed by atoms with Crippen molar-refractivity contribution in [1.29, 1.82) is 0 Å². The fraction of sp³-hybridized carbons (Fsp3) is 0.158. The lowest BCUT2D eigenvalue weighted by atomic mass is 10.2. The van der Waals surface area contributed by atoms with Gasteiger partial charge < -0.3 is 14.2 Å². The second kappa shape index (κ2) is 8.99. The molecular formula is C19H18N2O4. The number of methoxy groups -OCH3 is 2. The third-order valence-electron chi connectivity index (χ3n) is 3.23. The first-order chi connectivity index (χ1) is 12.2. The van der Waals surface area contributed by atoms with E-state index in [0.717, 1.165) is 5.56 Å². The molecule has 0 atom stereocenters. The lowest BCUT2D eigenvalue weighted by Crippen LogP contribution is -2.17. The van der Waals surface area contributed by atoms with Gasteiger partial charge in [-0.3, -0.25) is 4.79 Å². The number of hydrogen-bond donors (Lipinski definition) is 1. The molecular weight excluding hydrogens is 320 g/mol. The molecule has 0 unspecified atom stereocenters. The number of amides is 1. The van der Waals surface area contributed by atoms with Gasteiger partial charge in [0.2, 0.25) is 0 Å². The third kappa shape index (κ3) is 5.01. The highest BCUT2D eigenvalue weighted by Gasteiger charge is 2.06. The van der Waals surface area contributed by atoms with Gasteiger partial charge in [0.25, 0.3) is 5.91 Å².